The molecule has 4 heteroatoms. The lowest BCUT2D eigenvalue weighted by Gasteiger charge is -2.26. The molecule has 0 amide bonds. The number of imidazole rings is 1. The molecule has 10 rings (SSSR count). The molecule has 73 heavy (non-hydrogen) atoms. The molecule has 8 aromatic carbocycles. The number of benzene rings is 8. The van der Waals surface area contributed by atoms with Gasteiger partial charge in [0.2, 0.25) is 0 Å². The number of phenols is 1. The van der Waals surface area contributed by atoms with E-state index in [1.54, 1.807) is 0 Å². The second kappa shape index (κ2) is 19.3. The molecule has 0 saturated heterocycles. The van der Waals surface area contributed by atoms with Gasteiger partial charge >= 0.3 is 0 Å². The topological polar surface area (TPSA) is 50.9 Å². The number of hydrogen-bond donors (Lipinski definition) is 1. The van der Waals surface area contributed by atoms with E-state index in [1.165, 1.54) is 16.7 Å². The minimum atomic E-state index is -2.53. The zero-order valence-corrected chi connectivity index (χ0v) is 43.8. The maximum atomic E-state index is 12.4. The van der Waals surface area contributed by atoms with Crippen LogP contribution in [0.15, 0.2) is 188 Å². The number of fused-ring (bicyclic) bond motifs is 1. The molecule has 0 atom stereocenters. The van der Waals surface area contributed by atoms with Crippen LogP contribution in [0.4, 0.5) is 0 Å². The van der Waals surface area contributed by atoms with Crippen molar-refractivity contribution in [3.63, 3.8) is 0 Å². The molecule has 0 fully saturated rings. The summed E-state index contributed by atoms with van der Waals surface area (Å²) in [4.78, 5) is 10.5. The molecule has 4 nitrogen and oxygen atoms in total. The van der Waals surface area contributed by atoms with Crippen molar-refractivity contribution in [3.8, 4) is 89.7 Å². The number of aromatic nitrogens is 3. The van der Waals surface area contributed by atoms with Crippen LogP contribution >= 0.6 is 0 Å². The van der Waals surface area contributed by atoms with Gasteiger partial charge in [0.1, 0.15) is 11.6 Å². The van der Waals surface area contributed by atoms with E-state index in [0.29, 0.717) is 28.1 Å². The molecular weight excluding hydrogens is 887 g/mol. The van der Waals surface area contributed by atoms with Crippen LogP contribution in [0.1, 0.15) is 113 Å². The lowest BCUT2D eigenvalue weighted by atomic mass is 9.79. The maximum absolute atomic E-state index is 12.4. The van der Waals surface area contributed by atoms with E-state index in [4.69, 9.17) is 9.97 Å². The van der Waals surface area contributed by atoms with Crippen LogP contribution in [0.3, 0.4) is 0 Å². The van der Waals surface area contributed by atoms with Crippen molar-refractivity contribution in [2.75, 3.05) is 0 Å². The van der Waals surface area contributed by atoms with Gasteiger partial charge in [-0.05, 0) is 162 Å². The minimum absolute atomic E-state index is 0.00446. The predicted molar refractivity (Wildman–Crippen MR) is 309 cm³/mol. The van der Waals surface area contributed by atoms with Gasteiger partial charge < -0.3 is 5.11 Å². The smallest absolute Gasteiger partial charge is 0.149 e. The first-order valence-corrected chi connectivity index (χ1v) is 25.7. The van der Waals surface area contributed by atoms with Crippen LogP contribution in [0, 0.1) is 6.85 Å². The largest absolute Gasteiger partial charge is 0.507 e. The van der Waals surface area contributed by atoms with E-state index in [-0.39, 0.29) is 34.0 Å². The van der Waals surface area contributed by atoms with Gasteiger partial charge in [-0.1, -0.05) is 197 Å². The van der Waals surface area contributed by atoms with E-state index in [0.717, 1.165) is 72.5 Å². The standard InChI is InChI=1S/C69H67N3O/c1-43(2)52-39-60(44(3)4)66(73)61(40-52)67-71-65-59(23-18-24-64(65)72(67)63-30-29-50(33-45(63)5)54-37-57(68(6,7)8)42-58(38-54)69(9,10)11)55-34-53(47-21-16-13-17-22-47)35-56(36-55)62-41-51(31-32-70-62)49-27-25-48(26-28-49)46-19-14-12-15-20-46/h12-44,73H,1-11H3/i5D3. The highest BCUT2D eigenvalue weighted by atomic mass is 16.3. The Morgan fingerprint density at radius 2 is 1.04 bits per heavy atom. The van der Waals surface area contributed by atoms with Crippen LogP contribution in [0.25, 0.3) is 95.0 Å². The molecule has 2 heterocycles. The molecule has 0 aliphatic carbocycles. The van der Waals surface area contributed by atoms with Crippen molar-refractivity contribution in [3.05, 3.63) is 216 Å². The fraction of sp³-hybridized carbons (Fsp3) is 0.217. The molecule has 10 aromatic rings. The Bertz CT molecular complexity index is 3730. The van der Waals surface area contributed by atoms with E-state index in [1.807, 2.05) is 59.3 Å². The molecule has 0 bridgehead atoms. The highest BCUT2D eigenvalue weighted by molar-refractivity contribution is 5.98. The quantitative estimate of drug-likeness (QED) is 0.149. The molecule has 2 aromatic heterocycles. The van der Waals surface area contributed by atoms with E-state index in [9.17, 15) is 9.22 Å². The lowest BCUT2D eigenvalue weighted by Crippen LogP contribution is -2.16. The number of para-hydroxylation sites is 1. The summed E-state index contributed by atoms with van der Waals surface area (Å²) in [5, 5.41) is 12.4. The van der Waals surface area contributed by atoms with Gasteiger partial charge in [0.05, 0.1) is 28.0 Å². The Morgan fingerprint density at radius 3 is 1.66 bits per heavy atom. The summed E-state index contributed by atoms with van der Waals surface area (Å²) in [6, 6.07) is 63.0. The summed E-state index contributed by atoms with van der Waals surface area (Å²) in [5.74, 6) is 0.737. The first-order chi connectivity index (χ1) is 36.1. The number of pyridine rings is 1. The summed E-state index contributed by atoms with van der Waals surface area (Å²) in [5.41, 5.74) is 18.4. The van der Waals surface area contributed by atoms with Crippen molar-refractivity contribution in [1.82, 2.24) is 14.5 Å². The SMILES string of the molecule is [2H]C([2H])([2H])c1cc(-c2cc(C(C)(C)C)cc(C(C)(C)C)c2)ccc1-n1c(-c2cc(C(C)C)cc(C(C)C)c2O)nc2c(-c3cc(-c4ccccc4)cc(-c4cc(-c5ccc(-c6ccccc6)cc5)ccn4)c3)cccc21. The van der Waals surface area contributed by atoms with Crippen molar-refractivity contribution < 1.29 is 9.22 Å². The monoisotopic (exact) mass is 957 g/mol. The third kappa shape index (κ3) is 9.79. The average Bonchev–Trinajstić information content (AvgIpc) is 3.81. The third-order valence-corrected chi connectivity index (χ3v) is 14.3. The van der Waals surface area contributed by atoms with E-state index >= 15 is 0 Å². The number of rotatable bonds is 10. The molecule has 0 unspecified atom stereocenters. The van der Waals surface area contributed by atoms with Gasteiger partial charge in [-0.2, -0.15) is 0 Å². The molecule has 364 valence electrons. The first-order valence-electron chi connectivity index (χ1n) is 27.2. The Labute approximate surface area is 437 Å². The second-order valence-corrected chi connectivity index (χ2v) is 22.3. The number of nitrogens with zero attached hydrogens (tertiary/aromatic N) is 3. The second-order valence-electron chi connectivity index (χ2n) is 22.3. The van der Waals surface area contributed by atoms with Gasteiger partial charge in [0.25, 0.3) is 0 Å². The van der Waals surface area contributed by atoms with Gasteiger partial charge in [-0.25, -0.2) is 4.98 Å². The van der Waals surface area contributed by atoms with Gasteiger partial charge in [-0.15, -0.1) is 0 Å². The highest BCUT2D eigenvalue weighted by Gasteiger charge is 2.26. The lowest BCUT2D eigenvalue weighted by molar-refractivity contribution is 0.466. The summed E-state index contributed by atoms with van der Waals surface area (Å²) < 4.78 is 29.6. The Hall–Kier alpha value is -7.82. The zero-order valence-electron chi connectivity index (χ0n) is 46.8. The Kier molecular flexibility index (Phi) is 11.9. The summed E-state index contributed by atoms with van der Waals surface area (Å²) >= 11 is 0. The van der Waals surface area contributed by atoms with Crippen LogP contribution in [0.2, 0.25) is 0 Å². The van der Waals surface area contributed by atoms with E-state index in [2.05, 4.69) is 203 Å². The van der Waals surface area contributed by atoms with Crippen LogP contribution < -0.4 is 0 Å². The van der Waals surface area contributed by atoms with Gasteiger partial charge in [0.15, 0.2) is 0 Å². The molecule has 0 aliphatic rings. The van der Waals surface area contributed by atoms with Crippen molar-refractivity contribution in [1.29, 1.82) is 0 Å². The molecule has 0 saturated carbocycles. The number of hydrogen-bond acceptors (Lipinski definition) is 3. The molecular formula is C69H67N3O. The fourth-order valence-electron chi connectivity index (χ4n) is 9.93. The molecule has 0 aliphatic heterocycles. The summed E-state index contributed by atoms with van der Waals surface area (Å²) in [6.45, 7) is 19.2. The summed E-state index contributed by atoms with van der Waals surface area (Å²) in [6.07, 6.45) is 1.88. The number of phenolic OH excluding ortho intramolecular Hbond substituents is 1. The van der Waals surface area contributed by atoms with Crippen molar-refractivity contribution in [2.24, 2.45) is 0 Å². The Morgan fingerprint density at radius 1 is 0.479 bits per heavy atom. The minimum Gasteiger partial charge on any atom is -0.507 e. The Balaban J connectivity index is 1.21. The van der Waals surface area contributed by atoms with Crippen LogP contribution in [0.5, 0.6) is 5.75 Å². The zero-order chi connectivity index (χ0) is 53.8. The number of aromatic hydroxyl groups is 1. The van der Waals surface area contributed by atoms with Crippen molar-refractivity contribution in [2.45, 2.75) is 98.8 Å². The average molecular weight is 957 g/mol. The molecule has 0 spiro atoms. The van der Waals surface area contributed by atoms with Gasteiger partial charge in [0, 0.05) is 21.4 Å². The fourth-order valence-corrected chi connectivity index (χ4v) is 9.93. The maximum Gasteiger partial charge on any atom is 0.149 e. The normalized spacial score (nSPS) is 12.8. The number of aryl methyl sites for hydroxylation is 1. The van der Waals surface area contributed by atoms with E-state index < -0.39 is 6.85 Å². The summed E-state index contributed by atoms with van der Waals surface area (Å²) in [7, 11) is 0. The van der Waals surface area contributed by atoms with Gasteiger partial charge in [-0.3, -0.25) is 9.55 Å². The van der Waals surface area contributed by atoms with Crippen LogP contribution in [-0.2, 0) is 10.8 Å². The predicted octanol–water partition coefficient (Wildman–Crippen LogP) is 18.9. The third-order valence-electron chi connectivity index (χ3n) is 14.3. The van der Waals surface area contributed by atoms with Crippen LogP contribution in [-0.4, -0.2) is 19.6 Å². The molecule has 1 N–H and O–H groups in total. The molecule has 0 radical (unpaired) electrons. The van der Waals surface area contributed by atoms with Crippen molar-refractivity contribution >= 4 is 11.0 Å². The first kappa shape index (κ1) is 45.1. The highest BCUT2D eigenvalue weighted by Crippen LogP contribution is 2.44.